The van der Waals surface area contributed by atoms with E-state index in [1.807, 2.05) is 13.0 Å². The van der Waals surface area contributed by atoms with E-state index in [1.165, 1.54) is 12.1 Å². The van der Waals surface area contributed by atoms with E-state index in [1.54, 1.807) is 25.1 Å². The Labute approximate surface area is 138 Å². The van der Waals surface area contributed by atoms with Gasteiger partial charge in [0.1, 0.15) is 11.8 Å². The Bertz CT molecular complexity index is 804. The lowest BCUT2D eigenvalue weighted by Crippen LogP contribution is -2.08. The Hall–Kier alpha value is -3.14. The summed E-state index contributed by atoms with van der Waals surface area (Å²) in [6.45, 7) is 3.57. The lowest BCUT2D eigenvalue weighted by molar-refractivity contribution is -0.384. The molecule has 0 bridgehead atoms. The molecule has 0 N–H and O–H groups in total. The third-order valence-corrected chi connectivity index (χ3v) is 3.39. The minimum absolute atomic E-state index is 0.00794. The topological polar surface area (TPSA) is 106 Å². The van der Waals surface area contributed by atoms with Crippen LogP contribution < -0.4 is 0 Å². The highest BCUT2D eigenvalue weighted by Crippen LogP contribution is 2.31. The van der Waals surface area contributed by atoms with Crippen LogP contribution in [0.1, 0.15) is 37.2 Å². The van der Waals surface area contributed by atoms with E-state index >= 15 is 0 Å². The fourth-order valence-electron chi connectivity index (χ4n) is 2.22. The molecule has 1 heterocycles. The molecule has 0 aliphatic heterocycles. The highest BCUT2D eigenvalue weighted by Gasteiger charge is 2.20. The molecular weight excluding hydrogens is 312 g/mol. The number of ether oxygens (including phenoxy) is 1. The summed E-state index contributed by atoms with van der Waals surface area (Å²) < 4.78 is 10.7. The van der Waals surface area contributed by atoms with E-state index in [4.69, 9.17) is 14.4 Å². The molecule has 24 heavy (non-hydrogen) atoms. The molecule has 0 amide bonds. The molecule has 7 heteroatoms. The number of nitriles is 1. The lowest BCUT2D eigenvalue weighted by atomic mass is 10.1. The number of hydrogen-bond donors (Lipinski definition) is 0. The molecule has 1 atom stereocenters. The fraction of sp³-hybridized carbons (Fsp3) is 0.294. The van der Waals surface area contributed by atoms with Crippen molar-refractivity contribution in [3.8, 4) is 17.4 Å². The average molecular weight is 328 g/mol. The van der Waals surface area contributed by atoms with Gasteiger partial charge < -0.3 is 9.15 Å². The summed E-state index contributed by atoms with van der Waals surface area (Å²) in [5.41, 5.74) is 1.33. The molecule has 0 fully saturated rings. The first-order chi connectivity index (χ1) is 11.5. The number of carbonyl (C=O) groups excluding carboxylic acids is 1. The van der Waals surface area contributed by atoms with Gasteiger partial charge in [-0.15, -0.1) is 0 Å². The van der Waals surface area contributed by atoms with Crippen LogP contribution in [0, 0.1) is 28.4 Å². The Morgan fingerprint density at radius 2 is 2.17 bits per heavy atom. The summed E-state index contributed by atoms with van der Waals surface area (Å²) in [5.74, 6) is 0.201. The van der Waals surface area contributed by atoms with Gasteiger partial charge in [0.25, 0.3) is 5.69 Å². The Kier molecular flexibility index (Phi) is 5.32. The standard InChI is InChI=1S/C17H16N2O5/c1-3-4-17(20)24-16(10-18)15-8-7-14(23-15)13-6-5-12(19(21)22)9-11(13)2/h5-9,16H,3-4H2,1-2H3/t16-/m0/s1. The van der Waals surface area contributed by atoms with Gasteiger partial charge in [-0.05, 0) is 37.1 Å². The summed E-state index contributed by atoms with van der Waals surface area (Å²) in [6, 6.07) is 9.50. The molecule has 7 nitrogen and oxygen atoms in total. The zero-order chi connectivity index (χ0) is 17.7. The van der Waals surface area contributed by atoms with E-state index in [2.05, 4.69) is 0 Å². The third-order valence-electron chi connectivity index (χ3n) is 3.39. The quantitative estimate of drug-likeness (QED) is 0.449. The molecular formula is C17H16N2O5. The number of hydrogen-bond acceptors (Lipinski definition) is 6. The Morgan fingerprint density at radius 1 is 1.42 bits per heavy atom. The minimum Gasteiger partial charge on any atom is -0.456 e. The van der Waals surface area contributed by atoms with E-state index in [0.717, 1.165) is 0 Å². The van der Waals surface area contributed by atoms with Gasteiger partial charge in [0.05, 0.1) is 4.92 Å². The average Bonchev–Trinajstić information content (AvgIpc) is 3.02. The first-order valence-electron chi connectivity index (χ1n) is 7.40. The molecule has 2 aromatic rings. The van der Waals surface area contributed by atoms with Crippen molar-refractivity contribution in [2.75, 3.05) is 0 Å². The van der Waals surface area contributed by atoms with Crippen LogP contribution >= 0.6 is 0 Å². The number of esters is 1. The molecule has 0 saturated carbocycles. The maximum absolute atomic E-state index is 11.5. The smallest absolute Gasteiger partial charge is 0.307 e. The number of rotatable bonds is 6. The van der Waals surface area contributed by atoms with Crippen LogP contribution in [0.4, 0.5) is 5.69 Å². The number of carbonyl (C=O) groups is 1. The Morgan fingerprint density at radius 3 is 2.75 bits per heavy atom. The van der Waals surface area contributed by atoms with Crippen LogP contribution in [0.15, 0.2) is 34.7 Å². The van der Waals surface area contributed by atoms with E-state index in [9.17, 15) is 14.9 Å². The first kappa shape index (κ1) is 17.2. The summed E-state index contributed by atoms with van der Waals surface area (Å²) >= 11 is 0. The van der Waals surface area contributed by atoms with Crippen LogP contribution in [0.3, 0.4) is 0 Å². The van der Waals surface area contributed by atoms with Crippen LogP contribution in [0.5, 0.6) is 0 Å². The SMILES string of the molecule is CCCC(=O)O[C@@H](C#N)c1ccc(-c2ccc([N+](=O)[O-])cc2C)o1. The van der Waals surface area contributed by atoms with Gasteiger partial charge in [-0.2, -0.15) is 5.26 Å². The number of benzene rings is 1. The lowest BCUT2D eigenvalue weighted by Gasteiger charge is -2.08. The first-order valence-corrected chi connectivity index (χ1v) is 7.40. The van der Waals surface area contributed by atoms with Gasteiger partial charge in [-0.25, -0.2) is 0 Å². The molecule has 0 aliphatic rings. The second kappa shape index (κ2) is 7.42. The monoisotopic (exact) mass is 328 g/mol. The largest absolute Gasteiger partial charge is 0.456 e. The van der Waals surface area contributed by atoms with Crippen molar-refractivity contribution in [1.29, 1.82) is 5.26 Å². The normalized spacial score (nSPS) is 11.5. The van der Waals surface area contributed by atoms with Gasteiger partial charge in [0.15, 0.2) is 5.76 Å². The Balaban J connectivity index is 2.25. The van der Waals surface area contributed by atoms with Crippen molar-refractivity contribution >= 4 is 11.7 Å². The van der Waals surface area contributed by atoms with Gasteiger partial charge in [-0.1, -0.05) is 6.92 Å². The molecule has 1 aromatic heterocycles. The van der Waals surface area contributed by atoms with Crippen LogP contribution in [-0.2, 0) is 9.53 Å². The molecule has 0 spiro atoms. The number of furan rings is 1. The fourth-order valence-corrected chi connectivity index (χ4v) is 2.22. The second-order valence-corrected chi connectivity index (χ2v) is 5.21. The van der Waals surface area contributed by atoms with Gasteiger partial charge >= 0.3 is 5.97 Å². The molecule has 0 saturated heterocycles. The molecule has 124 valence electrons. The molecule has 0 aliphatic carbocycles. The maximum atomic E-state index is 11.5. The zero-order valence-electron chi connectivity index (χ0n) is 13.3. The molecule has 2 rings (SSSR count). The maximum Gasteiger partial charge on any atom is 0.307 e. The predicted octanol–water partition coefficient (Wildman–Crippen LogP) is 4.07. The number of nitro groups is 1. The van der Waals surface area contributed by atoms with Crippen molar-refractivity contribution < 1.29 is 18.9 Å². The predicted molar refractivity (Wildman–Crippen MR) is 84.9 cm³/mol. The molecule has 0 radical (unpaired) electrons. The van der Waals surface area contributed by atoms with E-state index < -0.39 is 17.0 Å². The van der Waals surface area contributed by atoms with Crippen molar-refractivity contribution in [1.82, 2.24) is 0 Å². The summed E-state index contributed by atoms with van der Waals surface area (Å²) in [6.07, 6.45) is -0.258. The minimum atomic E-state index is -1.11. The van der Waals surface area contributed by atoms with Gasteiger partial charge in [0.2, 0.25) is 6.10 Å². The molecule has 0 unspecified atom stereocenters. The van der Waals surface area contributed by atoms with Crippen molar-refractivity contribution in [2.45, 2.75) is 32.8 Å². The number of aryl methyl sites for hydroxylation is 1. The van der Waals surface area contributed by atoms with E-state index in [0.29, 0.717) is 23.3 Å². The van der Waals surface area contributed by atoms with E-state index in [-0.39, 0.29) is 17.9 Å². The summed E-state index contributed by atoms with van der Waals surface area (Å²) in [4.78, 5) is 21.9. The summed E-state index contributed by atoms with van der Waals surface area (Å²) in [7, 11) is 0. The van der Waals surface area contributed by atoms with Gasteiger partial charge in [0, 0.05) is 24.1 Å². The van der Waals surface area contributed by atoms with Crippen LogP contribution in [-0.4, -0.2) is 10.9 Å². The summed E-state index contributed by atoms with van der Waals surface area (Å²) in [5, 5.41) is 20.0. The van der Waals surface area contributed by atoms with Crippen molar-refractivity contribution in [2.24, 2.45) is 0 Å². The highest BCUT2D eigenvalue weighted by molar-refractivity contribution is 5.70. The second-order valence-electron chi connectivity index (χ2n) is 5.21. The number of nitrogens with zero attached hydrogens (tertiary/aromatic N) is 2. The van der Waals surface area contributed by atoms with Crippen molar-refractivity contribution in [3.05, 3.63) is 51.8 Å². The third kappa shape index (κ3) is 3.79. The van der Waals surface area contributed by atoms with Crippen LogP contribution in [0.25, 0.3) is 11.3 Å². The highest BCUT2D eigenvalue weighted by atomic mass is 16.6. The van der Waals surface area contributed by atoms with Gasteiger partial charge in [-0.3, -0.25) is 14.9 Å². The molecule has 1 aromatic carbocycles. The number of nitro benzene ring substituents is 1. The van der Waals surface area contributed by atoms with Crippen molar-refractivity contribution in [3.63, 3.8) is 0 Å². The zero-order valence-corrected chi connectivity index (χ0v) is 13.3. The van der Waals surface area contributed by atoms with Crippen LogP contribution in [0.2, 0.25) is 0 Å². The number of non-ortho nitro benzene ring substituents is 1.